The van der Waals surface area contributed by atoms with Gasteiger partial charge in [0.1, 0.15) is 12.4 Å². The molecule has 0 fully saturated rings. The maximum absolute atomic E-state index is 11.7. The number of nitrogens with one attached hydrogen (secondary N) is 1. The van der Waals surface area contributed by atoms with Crippen molar-refractivity contribution in [2.24, 2.45) is 5.92 Å². The Balaban J connectivity index is 1.72. The van der Waals surface area contributed by atoms with Crippen molar-refractivity contribution in [1.29, 1.82) is 0 Å². The molecule has 0 saturated carbocycles. The van der Waals surface area contributed by atoms with Crippen molar-refractivity contribution >= 4 is 5.91 Å². The van der Waals surface area contributed by atoms with E-state index < -0.39 is 0 Å². The number of methoxy groups -OCH3 is 1. The molecule has 1 aliphatic heterocycles. The molecule has 0 bridgehead atoms. The third kappa shape index (κ3) is 5.36. The van der Waals surface area contributed by atoms with Gasteiger partial charge in [-0.05, 0) is 30.4 Å². The predicted molar refractivity (Wildman–Crippen MR) is 79.5 cm³/mol. The van der Waals surface area contributed by atoms with Crippen molar-refractivity contribution in [2.45, 2.75) is 12.8 Å². The molecule has 1 aliphatic rings. The minimum absolute atomic E-state index is 0.0791. The summed E-state index contributed by atoms with van der Waals surface area (Å²) in [5.74, 6) is 1.29. The number of fused-ring (bicyclic) bond motifs is 1. The third-order valence-electron chi connectivity index (χ3n) is 3.52. The Morgan fingerprint density at radius 1 is 1.38 bits per heavy atom. The van der Waals surface area contributed by atoms with E-state index >= 15 is 0 Å². The zero-order valence-corrected chi connectivity index (χ0v) is 12.5. The Kier molecular flexibility index (Phi) is 6.50. The zero-order chi connectivity index (χ0) is 14.9. The first-order chi connectivity index (χ1) is 10.3. The van der Waals surface area contributed by atoms with Gasteiger partial charge in [-0.3, -0.25) is 4.79 Å². The van der Waals surface area contributed by atoms with Crippen LogP contribution in [-0.4, -0.2) is 46.0 Å². The van der Waals surface area contributed by atoms with E-state index in [0.717, 1.165) is 18.6 Å². The van der Waals surface area contributed by atoms with E-state index in [1.54, 1.807) is 7.11 Å². The molecule has 0 saturated heterocycles. The van der Waals surface area contributed by atoms with Crippen molar-refractivity contribution in [3.8, 4) is 5.75 Å². The summed E-state index contributed by atoms with van der Waals surface area (Å²) in [5, 5.41) is 2.93. The van der Waals surface area contributed by atoms with Crippen molar-refractivity contribution < 1.29 is 19.0 Å². The summed E-state index contributed by atoms with van der Waals surface area (Å²) in [6, 6.07) is 8.09. The summed E-state index contributed by atoms with van der Waals surface area (Å²) in [5.41, 5.74) is 1.21. The van der Waals surface area contributed by atoms with Crippen LogP contribution in [0.2, 0.25) is 0 Å². The molecule has 5 nitrogen and oxygen atoms in total. The second-order valence-electron chi connectivity index (χ2n) is 5.16. The van der Waals surface area contributed by atoms with E-state index in [2.05, 4.69) is 11.4 Å². The van der Waals surface area contributed by atoms with Crippen LogP contribution >= 0.6 is 0 Å². The number of carbonyl (C=O) groups is 1. The lowest BCUT2D eigenvalue weighted by Gasteiger charge is -2.14. The fraction of sp³-hybridized carbons (Fsp3) is 0.562. The Morgan fingerprint density at radius 2 is 2.24 bits per heavy atom. The lowest BCUT2D eigenvalue weighted by molar-refractivity contribution is -0.126. The molecular formula is C16H23NO4. The molecular weight excluding hydrogens is 270 g/mol. The van der Waals surface area contributed by atoms with Gasteiger partial charge in [0, 0.05) is 13.7 Å². The number of benzene rings is 1. The first-order valence-corrected chi connectivity index (χ1v) is 7.33. The molecule has 1 heterocycles. The van der Waals surface area contributed by atoms with Gasteiger partial charge in [-0.25, -0.2) is 0 Å². The maximum atomic E-state index is 11.7. The number of carbonyl (C=O) groups excluding carboxylic acids is 1. The molecule has 0 spiro atoms. The molecule has 0 radical (unpaired) electrons. The fourth-order valence-corrected chi connectivity index (χ4v) is 2.35. The largest absolute Gasteiger partial charge is 0.493 e. The van der Waals surface area contributed by atoms with Gasteiger partial charge in [-0.2, -0.15) is 0 Å². The minimum Gasteiger partial charge on any atom is -0.493 e. The highest BCUT2D eigenvalue weighted by Crippen LogP contribution is 2.26. The van der Waals surface area contributed by atoms with Crippen molar-refractivity contribution in [2.75, 3.05) is 40.1 Å². The standard InChI is InChI=1S/C16H23NO4/c1-19-8-9-20-12-16(18)17-11-13-6-7-21-15-5-3-2-4-14(15)10-13/h2-5,13H,6-12H2,1H3,(H,17,18)/t13-/m1/s1. The molecule has 0 aliphatic carbocycles. The van der Waals surface area contributed by atoms with Crippen molar-refractivity contribution in [1.82, 2.24) is 5.32 Å². The van der Waals surface area contributed by atoms with Crippen LogP contribution in [0.5, 0.6) is 5.75 Å². The van der Waals surface area contributed by atoms with Gasteiger partial charge in [-0.15, -0.1) is 0 Å². The second-order valence-corrected chi connectivity index (χ2v) is 5.16. The molecule has 2 rings (SSSR count). The molecule has 1 aromatic rings. The summed E-state index contributed by atoms with van der Waals surface area (Å²) in [7, 11) is 1.61. The SMILES string of the molecule is COCCOCC(=O)NC[C@@H]1CCOc2ccccc2C1. The van der Waals surface area contributed by atoms with Crippen molar-refractivity contribution in [3.63, 3.8) is 0 Å². The Hall–Kier alpha value is -1.59. The number of hydrogen-bond acceptors (Lipinski definition) is 4. The second kappa shape index (κ2) is 8.64. The van der Waals surface area contributed by atoms with E-state index in [1.165, 1.54) is 5.56 Å². The van der Waals surface area contributed by atoms with E-state index in [9.17, 15) is 4.79 Å². The number of ether oxygens (including phenoxy) is 3. The average molecular weight is 293 g/mol. The lowest BCUT2D eigenvalue weighted by Crippen LogP contribution is -2.33. The predicted octanol–water partition coefficient (Wildman–Crippen LogP) is 1.41. The van der Waals surface area contributed by atoms with Gasteiger partial charge in [0.25, 0.3) is 0 Å². The van der Waals surface area contributed by atoms with Gasteiger partial charge in [0.05, 0.1) is 19.8 Å². The van der Waals surface area contributed by atoms with Gasteiger partial charge >= 0.3 is 0 Å². The Morgan fingerprint density at radius 3 is 3.10 bits per heavy atom. The lowest BCUT2D eigenvalue weighted by atomic mass is 9.97. The monoisotopic (exact) mass is 293 g/mol. The first kappa shape index (κ1) is 15.8. The summed E-state index contributed by atoms with van der Waals surface area (Å²) < 4.78 is 15.8. The van der Waals surface area contributed by atoms with Crippen LogP contribution < -0.4 is 10.1 Å². The molecule has 0 unspecified atom stereocenters. The summed E-state index contributed by atoms with van der Waals surface area (Å²) in [4.78, 5) is 11.7. The maximum Gasteiger partial charge on any atom is 0.246 e. The fourth-order valence-electron chi connectivity index (χ4n) is 2.35. The summed E-state index contributed by atoms with van der Waals surface area (Å²) >= 11 is 0. The number of hydrogen-bond donors (Lipinski definition) is 1. The highest BCUT2D eigenvalue weighted by molar-refractivity contribution is 5.77. The summed E-state index contributed by atoms with van der Waals surface area (Å²) in [6.45, 7) is 2.38. The average Bonchev–Trinajstić information content (AvgIpc) is 2.71. The highest BCUT2D eigenvalue weighted by Gasteiger charge is 2.17. The van der Waals surface area contributed by atoms with E-state index in [-0.39, 0.29) is 12.5 Å². The van der Waals surface area contributed by atoms with Gasteiger partial charge in [0.2, 0.25) is 5.91 Å². The Bertz CT molecular complexity index is 450. The number of para-hydroxylation sites is 1. The van der Waals surface area contributed by atoms with Crippen LogP contribution in [0.3, 0.4) is 0 Å². The van der Waals surface area contributed by atoms with Crippen molar-refractivity contribution in [3.05, 3.63) is 29.8 Å². The van der Waals surface area contributed by atoms with Gasteiger partial charge in [-0.1, -0.05) is 18.2 Å². The van der Waals surface area contributed by atoms with E-state index in [0.29, 0.717) is 32.3 Å². The van der Waals surface area contributed by atoms with E-state index in [4.69, 9.17) is 14.2 Å². The Labute approximate surface area is 125 Å². The first-order valence-electron chi connectivity index (χ1n) is 7.33. The summed E-state index contributed by atoms with van der Waals surface area (Å²) in [6.07, 6.45) is 1.88. The smallest absolute Gasteiger partial charge is 0.246 e. The highest BCUT2D eigenvalue weighted by atomic mass is 16.5. The van der Waals surface area contributed by atoms with Crippen LogP contribution in [-0.2, 0) is 20.7 Å². The van der Waals surface area contributed by atoms with Gasteiger partial charge < -0.3 is 19.5 Å². The van der Waals surface area contributed by atoms with Gasteiger partial charge in [0.15, 0.2) is 0 Å². The number of rotatable bonds is 7. The van der Waals surface area contributed by atoms with Crippen LogP contribution in [0.25, 0.3) is 0 Å². The quantitative estimate of drug-likeness (QED) is 0.772. The molecule has 116 valence electrons. The molecule has 0 aromatic heterocycles. The molecule has 1 amide bonds. The molecule has 1 atom stereocenters. The molecule has 1 N–H and O–H groups in total. The molecule has 5 heteroatoms. The number of amides is 1. The van der Waals surface area contributed by atoms with Crippen LogP contribution in [0.15, 0.2) is 24.3 Å². The third-order valence-corrected chi connectivity index (χ3v) is 3.52. The minimum atomic E-state index is -0.0791. The normalized spacial score (nSPS) is 17.5. The topological polar surface area (TPSA) is 56.8 Å². The van der Waals surface area contributed by atoms with Crippen LogP contribution in [0, 0.1) is 5.92 Å². The van der Waals surface area contributed by atoms with Crippen LogP contribution in [0.1, 0.15) is 12.0 Å². The molecule has 21 heavy (non-hydrogen) atoms. The van der Waals surface area contributed by atoms with E-state index in [1.807, 2.05) is 18.2 Å². The zero-order valence-electron chi connectivity index (χ0n) is 12.5. The van der Waals surface area contributed by atoms with Crippen LogP contribution in [0.4, 0.5) is 0 Å². The molecule has 1 aromatic carbocycles.